The summed E-state index contributed by atoms with van der Waals surface area (Å²) in [5.41, 5.74) is 0.768. The summed E-state index contributed by atoms with van der Waals surface area (Å²) in [6.07, 6.45) is 15.4. The highest BCUT2D eigenvalue weighted by atomic mass is 16.5. The molecule has 0 aromatic heterocycles. The van der Waals surface area contributed by atoms with Gasteiger partial charge < -0.3 is 4.74 Å². The number of allylic oxidation sites excluding steroid dienone is 1. The highest BCUT2D eigenvalue weighted by Gasteiger charge is 2.04. The van der Waals surface area contributed by atoms with E-state index < -0.39 is 0 Å². The zero-order valence-electron chi connectivity index (χ0n) is 13.9. The van der Waals surface area contributed by atoms with E-state index in [9.17, 15) is 4.79 Å². The van der Waals surface area contributed by atoms with Crippen LogP contribution in [0.2, 0.25) is 0 Å². The van der Waals surface area contributed by atoms with Gasteiger partial charge in [0.1, 0.15) is 0 Å². The van der Waals surface area contributed by atoms with E-state index in [2.05, 4.69) is 13.8 Å². The Kier molecular flexibility index (Phi) is 14.0. The Hall–Kier alpha value is -0.790. The first-order chi connectivity index (χ1) is 9.72. The van der Waals surface area contributed by atoms with Crippen LogP contribution in [-0.4, -0.2) is 12.6 Å². The number of carbonyl (C=O) groups is 1. The predicted molar refractivity (Wildman–Crippen MR) is 86.9 cm³/mol. The lowest BCUT2D eigenvalue weighted by molar-refractivity contribution is -0.139. The molecule has 0 aliphatic heterocycles. The van der Waals surface area contributed by atoms with Crippen molar-refractivity contribution in [3.05, 3.63) is 11.6 Å². The maximum absolute atomic E-state index is 11.7. The molecule has 2 heteroatoms. The Morgan fingerprint density at radius 2 is 1.40 bits per heavy atom. The molecule has 20 heavy (non-hydrogen) atoms. The Morgan fingerprint density at radius 3 is 2.05 bits per heavy atom. The van der Waals surface area contributed by atoms with Crippen molar-refractivity contribution in [1.29, 1.82) is 0 Å². The van der Waals surface area contributed by atoms with Crippen LogP contribution in [0.4, 0.5) is 0 Å². The Labute approximate surface area is 126 Å². The van der Waals surface area contributed by atoms with Gasteiger partial charge in [-0.15, -0.1) is 0 Å². The van der Waals surface area contributed by atoms with Crippen LogP contribution in [0.15, 0.2) is 11.6 Å². The van der Waals surface area contributed by atoms with Gasteiger partial charge in [-0.1, -0.05) is 71.3 Å². The van der Waals surface area contributed by atoms with Crippen molar-refractivity contribution in [3.8, 4) is 0 Å². The van der Waals surface area contributed by atoms with E-state index >= 15 is 0 Å². The van der Waals surface area contributed by atoms with Crippen LogP contribution in [0.3, 0.4) is 0 Å². The molecule has 0 aromatic rings. The van der Waals surface area contributed by atoms with E-state index in [-0.39, 0.29) is 5.97 Å². The van der Waals surface area contributed by atoms with Gasteiger partial charge in [0.05, 0.1) is 6.61 Å². The molecule has 2 nitrogen and oxygen atoms in total. The van der Waals surface area contributed by atoms with Gasteiger partial charge in [0.15, 0.2) is 0 Å². The number of rotatable bonds is 13. The monoisotopic (exact) mass is 282 g/mol. The van der Waals surface area contributed by atoms with Crippen molar-refractivity contribution < 1.29 is 9.53 Å². The van der Waals surface area contributed by atoms with Gasteiger partial charge in [0, 0.05) is 5.57 Å². The zero-order chi connectivity index (χ0) is 15.1. The summed E-state index contributed by atoms with van der Waals surface area (Å²) in [4.78, 5) is 11.7. The van der Waals surface area contributed by atoms with Crippen molar-refractivity contribution in [3.63, 3.8) is 0 Å². The normalized spacial score (nSPS) is 11.7. The predicted octanol–water partition coefficient (Wildman–Crippen LogP) is 5.81. The van der Waals surface area contributed by atoms with Crippen LogP contribution >= 0.6 is 0 Å². The van der Waals surface area contributed by atoms with Crippen LogP contribution in [0.1, 0.15) is 91.4 Å². The number of hydrogen-bond donors (Lipinski definition) is 0. The fourth-order valence-electron chi connectivity index (χ4n) is 2.13. The molecule has 0 heterocycles. The average Bonchev–Trinajstić information content (AvgIpc) is 2.46. The molecule has 0 amide bonds. The third kappa shape index (κ3) is 12.3. The molecular formula is C18H34O2. The number of esters is 1. The van der Waals surface area contributed by atoms with E-state index in [1.807, 2.05) is 13.0 Å². The standard InChI is InChI=1S/C18H34O2/c1-4-6-8-10-11-12-14-16-20-18(19)17(3)15-13-9-7-5-2/h15H,4-14,16H2,1-3H3. The van der Waals surface area contributed by atoms with Crippen LogP contribution in [0, 0.1) is 0 Å². The quantitative estimate of drug-likeness (QED) is 0.242. The largest absolute Gasteiger partial charge is 0.462 e. The second kappa shape index (κ2) is 14.6. The van der Waals surface area contributed by atoms with Crippen LogP contribution < -0.4 is 0 Å². The van der Waals surface area contributed by atoms with E-state index in [4.69, 9.17) is 4.74 Å². The van der Waals surface area contributed by atoms with E-state index in [1.54, 1.807) is 0 Å². The third-order valence-corrected chi connectivity index (χ3v) is 3.56. The molecule has 118 valence electrons. The van der Waals surface area contributed by atoms with Gasteiger partial charge in [-0.05, 0) is 26.2 Å². The SMILES string of the molecule is CCCCCC=C(C)C(=O)OCCCCCCCCC. The van der Waals surface area contributed by atoms with Crippen LogP contribution in [-0.2, 0) is 9.53 Å². The molecule has 0 radical (unpaired) electrons. The van der Waals surface area contributed by atoms with Gasteiger partial charge in [-0.25, -0.2) is 4.79 Å². The second-order valence-corrected chi connectivity index (χ2v) is 5.64. The van der Waals surface area contributed by atoms with Gasteiger partial charge in [0.2, 0.25) is 0 Å². The molecule has 0 fully saturated rings. The van der Waals surface area contributed by atoms with E-state index in [0.717, 1.165) is 18.4 Å². The number of carbonyl (C=O) groups excluding carboxylic acids is 1. The Bertz CT molecular complexity index is 256. The minimum Gasteiger partial charge on any atom is -0.462 e. The van der Waals surface area contributed by atoms with Gasteiger partial charge in [0.25, 0.3) is 0 Å². The van der Waals surface area contributed by atoms with Crippen molar-refractivity contribution in [2.24, 2.45) is 0 Å². The minimum atomic E-state index is -0.132. The van der Waals surface area contributed by atoms with Crippen molar-refractivity contribution in [1.82, 2.24) is 0 Å². The molecule has 0 saturated carbocycles. The smallest absolute Gasteiger partial charge is 0.333 e. The maximum atomic E-state index is 11.7. The summed E-state index contributed by atoms with van der Waals surface area (Å²) in [5.74, 6) is -0.132. The van der Waals surface area contributed by atoms with E-state index in [1.165, 1.54) is 57.8 Å². The number of unbranched alkanes of at least 4 members (excludes halogenated alkanes) is 9. The van der Waals surface area contributed by atoms with Crippen molar-refractivity contribution >= 4 is 5.97 Å². The molecule has 0 saturated heterocycles. The maximum Gasteiger partial charge on any atom is 0.333 e. The highest BCUT2D eigenvalue weighted by molar-refractivity contribution is 5.87. The van der Waals surface area contributed by atoms with Gasteiger partial charge >= 0.3 is 5.97 Å². The Morgan fingerprint density at radius 1 is 0.850 bits per heavy atom. The zero-order valence-corrected chi connectivity index (χ0v) is 13.9. The summed E-state index contributed by atoms with van der Waals surface area (Å²) < 4.78 is 5.28. The summed E-state index contributed by atoms with van der Waals surface area (Å²) in [5, 5.41) is 0. The topological polar surface area (TPSA) is 26.3 Å². The van der Waals surface area contributed by atoms with Crippen LogP contribution in [0.25, 0.3) is 0 Å². The molecule has 0 N–H and O–H groups in total. The minimum absolute atomic E-state index is 0.132. The van der Waals surface area contributed by atoms with Crippen molar-refractivity contribution in [2.75, 3.05) is 6.61 Å². The first-order valence-corrected chi connectivity index (χ1v) is 8.56. The first kappa shape index (κ1) is 19.2. The third-order valence-electron chi connectivity index (χ3n) is 3.56. The van der Waals surface area contributed by atoms with Gasteiger partial charge in [-0.3, -0.25) is 0 Å². The molecular weight excluding hydrogens is 248 g/mol. The summed E-state index contributed by atoms with van der Waals surface area (Å²) >= 11 is 0. The van der Waals surface area contributed by atoms with Crippen molar-refractivity contribution in [2.45, 2.75) is 91.4 Å². The summed E-state index contributed by atoms with van der Waals surface area (Å²) in [7, 11) is 0. The average molecular weight is 282 g/mol. The van der Waals surface area contributed by atoms with Gasteiger partial charge in [-0.2, -0.15) is 0 Å². The first-order valence-electron chi connectivity index (χ1n) is 8.56. The fourth-order valence-corrected chi connectivity index (χ4v) is 2.13. The van der Waals surface area contributed by atoms with E-state index in [0.29, 0.717) is 6.61 Å². The second-order valence-electron chi connectivity index (χ2n) is 5.64. The molecule has 0 spiro atoms. The molecule has 0 bridgehead atoms. The molecule has 0 atom stereocenters. The number of hydrogen-bond acceptors (Lipinski definition) is 2. The highest BCUT2D eigenvalue weighted by Crippen LogP contribution is 2.08. The lowest BCUT2D eigenvalue weighted by Crippen LogP contribution is -2.07. The molecule has 0 aromatic carbocycles. The Balaban J connectivity index is 3.47. The molecule has 0 aliphatic rings. The lowest BCUT2D eigenvalue weighted by atomic mass is 10.1. The summed E-state index contributed by atoms with van der Waals surface area (Å²) in [6.45, 7) is 6.86. The number of ether oxygens (including phenoxy) is 1. The molecule has 0 aliphatic carbocycles. The lowest BCUT2D eigenvalue weighted by Gasteiger charge is -2.05. The molecule has 0 unspecified atom stereocenters. The summed E-state index contributed by atoms with van der Waals surface area (Å²) in [6, 6.07) is 0. The fraction of sp³-hybridized carbons (Fsp3) is 0.833. The van der Waals surface area contributed by atoms with Crippen LogP contribution in [0.5, 0.6) is 0 Å². The molecule has 0 rings (SSSR count).